The van der Waals surface area contributed by atoms with Crippen LogP contribution >= 0.6 is 43.2 Å². The largest absolute Gasteiger partial charge is 0.480 e. The van der Waals surface area contributed by atoms with E-state index in [0.29, 0.717) is 30.8 Å². The summed E-state index contributed by atoms with van der Waals surface area (Å²) in [6, 6.07) is 1.81. The third-order valence-electron chi connectivity index (χ3n) is 3.03. The Morgan fingerprint density at radius 1 is 1.40 bits per heavy atom. The average Bonchev–Trinajstić information content (AvgIpc) is 2.76. The van der Waals surface area contributed by atoms with E-state index in [4.69, 9.17) is 9.84 Å². The molecule has 0 atom stereocenters. The lowest BCUT2D eigenvalue weighted by molar-refractivity contribution is -0.145. The molecular formula is C12H13Br2NO4S. The van der Waals surface area contributed by atoms with Crippen LogP contribution in [0.2, 0.25) is 0 Å². The molecule has 0 spiro atoms. The summed E-state index contributed by atoms with van der Waals surface area (Å²) in [5, 5.41) is 8.56. The van der Waals surface area contributed by atoms with Crippen molar-refractivity contribution in [2.24, 2.45) is 0 Å². The Bertz CT molecular complexity index is 492. The predicted molar refractivity (Wildman–Crippen MR) is 82.2 cm³/mol. The van der Waals surface area contributed by atoms with Crippen molar-refractivity contribution < 1.29 is 19.4 Å². The number of carbonyl (C=O) groups excluding carboxylic acids is 1. The van der Waals surface area contributed by atoms with Gasteiger partial charge in [0.15, 0.2) is 0 Å². The van der Waals surface area contributed by atoms with E-state index in [1.54, 1.807) is 4.90 Å². The summed E-state index contributed by atoms with van der Waals surface area (Å²) < 4.78 is 7.03. The molecule has 20 heavy (non-hydrogen) atoms. The van der Waals surface area contributed by atoms with Gasteiger partial charge in [-0.05, 0) is 50.8 Å². The summed E-state index contributed by atoms with van der Waals surface area (Å²) in [7, 11) is 0. The maximum atomic E-state index is 12.3. The van der Waals surface area contributed by atoms with Crippen molar-refractivity contribution in [2.75, 3.05) is 19.7 Å². The van der Waals surface area contributed by atoms with Crippen molar-refractivity contribution >= 4 is 55.1 Å². The minimum Gasteiger partial charge on any atom is -0.480 e. The molecule has 0 saturated carbocycles. The quantitative estimate of drug-likeness (QED) is 0.803. The molecule has 1 N–H and O–H groups in total. The number of thiophene rings is 1. The third-order valence-corrected chi connectivity index (χ3v) is 6.27. The molecule has 1 amide bonds. The van der Waals surface area contributed by atoms with Gasteiger partial charge in [0.2, 0.25) is 0 Å². The van der Waals surface area contributed by atoms with Gasteiger partial charge in [-0.25, -0.2) is 4.79 Å². The molecule has 1 aliphatic heterocycles. The maximum Gasteiger partial charge on any atom is 0.329 e. The zero-order chi connectivity index (χ0) is 14.7. The number of carbonyl (C=O) groups is 2. The van der Waals surface area contributed by atoms with Gasteiger partial charge in [-0.3, -0.25) is 4.79 Å². The number of hydrogen-bond donors (Lipinski definition) is 1. The Morgan fingerprint density at radius 3 is 2.55 bits per heavy atom. The van der Waals surface area contributed by atoms with Crippen LogP contribution in [0.5, 0.6) is 0 Å². The molecule has 1 saturated heterocycles. The molecule has 1 aliphatic rings. The van der Waals surface area contributed by atoms with Gasteiger partial charge in [-0.1, -0.05) is 0 Å². The molecule has 2 rings (SSSR count). The van der Waals surface area contributed by atoms with Crippen LogP contribution in [0.3, 0.4) is 0 Å². The summed E-state index contributed by atoms with van der Waals surface area (Å²) in [6.07, 6.45) is 1.27. The second-order valence-electron chi connectivity index (χ2n) is 4.43. The smallest absolute Gasteiger partial charge is 0.329 e. The number of halogens is 2. The van der Waals surface area contributed by atoms with Gasteiger partial charge in [-0.2, -0.15) is 0 Å². The first-order valence-corrected chi connectivity index (χ1v) is 8.45. The number of piperidine rings is 1. The van der Waals surface area contributed by atoms with Gasteiger partial charge in [0.25, 0.3) is 5.91 Å². The molecule has 5 nitrogen and oxygen atoms in total. The van der Waals surface area contributed by atoms with E-state index >= 15 is 0 Å². The number of rotatable bonds is 4. The molecule has 8 heteroatoms. The van der Waals surface area contributed by atoms with Crippen molar-refractivity contribution in [1.82, 2.24) is 4.90 Å². The minimum atomic E-state index is -0.961. The summed E-state index contributed by atoms with van der Waals surface area (Å²) >= 11 is 8.15. The summed E-state index contributed by atoms with van der Waals surface area (Å²) in [4.78, 5) is 25.2. The Balaban J connectivity index is 1.87. The van der Waals surface area contributed by atoms with Crippen LogP contribution < -0.4 is 0 Å². The first-order chi connectivity index (χ1) is 9.47. The van der Waals surface area contributed by atoms with Crippen molar-refractivity contribution in [1.29, 1.82) is 0 Å². The fourth-order valence-corrected chi connectivity index (χ4v) is 4.03. The lowest BCUT2D eigenvalue weighted by atomic mass is 10.1. The summed E-state index contributed by atoms with van der Waals surface area (Å²) in [6.45, 7) is 0.913. The second-order valence-corrected chi connectivity index (χ2v) is 7.65. The van der Waals surface area contributed by atoms with E-state index in [1.807, 2.05) is 6.07 Å². The highest BCUT2D eigenvalue weighted by atomic mass is 79.9. The molecule has 2 heterocycles. The normalized spacial score (nSPS) is 16.4. The van der Waals surface area contributed by atoms with E-state index in [-0.39, 0.29) is 18.6 Å². The van der Waals surface area contributed by atoms with Gasteiger partial charge in [0, 0.05) is 17.6 Å². The second kappa shape index (κ2) is 7.02. The molecular weight excluding hydrogens is 414 g/mol. The highest BCUT2D eigenvalue weighted by molar-refractivity contribution is 9.13. The fourth-order valence-electron chi connectivity index (χ4n) is 2.02. The van der Waals surface area contributed by atoms with E-state index < -0.39 is 5.97 Å². The molecule has 0 aliphatic carbocycles. The number of likely N-dealkylation sites (tertiary alicyclic amines) is 1. The number of carboxylic acids is 1. The Labute approximate surface area is 137 Å². The molecule has 0 bridgehead atoms. The lowest BCUT2D eigenvalue weighted by Crippen LogP contribution is -2.41. The predicted octanol–water partition coefficient (Wildman–Crippen LogP) is 2.98. The van der Waals surface area contributed by atoms with Gasteiger partial charge in [0.05, 0.1) is 14.8 Å². The van der Waals surface area contributed by atoms with Crippen LogP contribution in [0.4, 0.5) is 0 Å². The lowest BCUT2D eigenvalue weighted by Gasteiger charge is -2.31. The number of amides is 1. The standard InChI is InChI=1S/C12H13Br2NO4S/c13-8-5-9(20-11(8)14)12(18)15-3-1-7(2-4-15)19-6-10(16)17/h5,7H,1-4,6H2,(H,16,17). The summed E-state index contributed by atoms with van der Waals surface area (Å²) in [5.41, 5.74) is 0. The molecule has 0 aromatic carbocycles. The topological polar surface area (TPSA) is 66.8 Å². The number of nitrogens with zero attached hydrogens (tertiary/aromatic N) is 1. The van der Waals surface area contributed by atoms with Crippen molar-refractivity contribution in [3.05, 3.63) is 19.2 Å². The van der Waals surface area contributed by atoms with Crippen LogP contribution in [-0.4, -0.2) is 47.7 Å². The van der Waals surface area contributed by atoms with Gasteiger partial charge in [0.1, 0.15) is 6.61 Å². The zero-order valence-corrected chi connectivity index (χ0v) is 14.5. The molecule has 0 radical (unpaired) electrons. The van der Waals surface area contributed by atoms with Crippen molar-refractivity contribution in [3.63, 3.8) is 0 Å². The minimum absolute atomic E-state index is 0.0121. The van der Waals surface area contributed by atoms with Crippen LogP contribution in [-0.2, 0) is 9.53 Å². The van der Waals surface area contributed by atoms with Crippen LogP contribution in [0.25, 0.3) is 0 Å². The van der Waals surface area contributed by atoms with Gasteiger partial charge < -0.3 is 14.7 Å². The van der Waals surface area contributed by atoms with E-state index in [2.05, 4.69) is 31.9 Å². The molecule has 1 aromatic heterocycles. The van der Waals surface area contributed by atoms with Crippen LogP contribution in [0.15, 0.2) is 14.3 Å². The first kappa shape index (κ1) is 15.9. The number of aliphatic carboxylic acids is 1. The Hall–Kier alpha value is -0.440. The highest BCUT2D eigenvalue weighted by Gasteiger charge is 2.25. The van der Waals surface area contributed by atoms with Gasteiger partial charge >= 0.3 is 5.97 Å². The Morgan fingerprint density at radius 2 is 2.05 bits per heavy atom. The number of carboxylic acid groups (broad SMARTS) is 1. The van der Waals surface area contributed by atoms with Crippen LogP contribution in [0.1, 0.15) is 22.5 Å². The summed E-state index contributed by atoms with van der Waals surface area (Å²) in [5.74, 6) is -0.949. The Kier molecular flexibility index (Phi) is 5.59. The third kappa shape index (κ3) is 4.03. The fraction of sp³-hybridized carbons (Fsp3) is 0.500. The SMILES string of the molecule is O=C(O)COC1CCN(C(=O)c2cc(Br)c(Br)s2)CC1. The first-order valence-electron chi connectivity index (χ1n) is 6.05. The molecule has 0 unspecified atom stereocenters. The van der Waals surface area contributed by atoms with E-state index in [1.165, 1.54) is 11.3 Å². The average molecular weight is 427 g/mol. The maximum absolute atomic E-state index is 12.3. The number of ether oxygens (including phenoxy) is 1. The molecule has 110 valence electrons. The molecule has 1 fully saturated rings. The monoisotopic (exact) mass is 425 g/mol. The van der Waals surface area contributed by atoms with Crippen molar-refractivity contribution in [3.8, 4) is 0 Å². The van der Waals surface area contributed by atoms with E-state index in [9.17, 15) is 9.59 Å². The number of hydrogen-bond acceptors (Lipinski definition) is 4. The van der Waals surface area contributed by atoms with Crippen molar-refractivity contribution in [2.45, 2.75) is 18.9 Å². The van der Waals surface area contributed by atoms with Gasteiger partial charge in [-0.15, -0.1) is 11.3 Å². The highest BCUT2D eigenvalue weighted by Crippen LogP contribution is 2.33. The molecule has 1 aromatic rings. The zero-order valence-electron chi connectivity index (χ0n) is 10.5. The van der Waals surface area contributed by atoms with E-state index in [0.717, 1.165) is 8.26 Å². The van der Waals surface area contributed by atoms with Crippen LogP contribution in [0, 0.1) is 0 Å².